The summed E-state index contributed by atoms with van der Waals surface area (Å²) >= 11 is 0. The second-order valence-electron chi connectivity index (χ2n) is 14.2. The fraction of sp³-hybridized carbons (Fsp3) is 0.860. The fourth-order valence-electron chi connectivity index (χ4n) is 6.43. The molecule has 49 heavy (non-hydrogen) atoms. The van der Waals surface area contributed by atoms with Crippen LogP contribution >= 0.6 is 0 Å². The van der Waals surface area contributed by atoms with Crippen molar-refractivity contribution >= 4 is 11.8 Å². The van der Waals surface area contributed by atoms with Crippen molar-refractivity contribution < 1.29 is 19.8 Å². The topological polar surface area (TPSA) is 81.1 Å². The molecule has 0 rings (SSSR count). The van der Waals surface area contributed by atoms with Crippen LogP contribution in [0.4, 0.5) is 0 Å². The Morgan fingerprint density at radius 3 is 0.980 bits per heavy atom. The molecule has 0 aromatic heterocycles. The van der Waals surface area contributed by atoms with Crippen molar-refractivity contribution in [2.24, 2.45) is 0 Å². The lowest BCUT2D eigenvalue weighted by Gasteiger charge is -2.25. The minimum atomic E-state index is -0.0487. The lowest BCUT2D eigenvalue weighted by Crippen LogP contribution is -2.38. The molecule has 0 aromatic rings. The molecule has 6 nitrogen and oxygen atoms in total. The molecule has 0 aromatic carbocycles. The number of carbonyl (C=O) groups excluding carboxylic acids is 2. The molecular weight excluding hydrogens is 608 g/mol. The predicted molar refractivity (Wildman–Crippen MR) is 211 cm³/mol. The van der Waals surface area contributed by atoms with E-state index in [9.17, 15) is 19.8 Å². The number of carbonyl (C=O) groups is 2. The van der Waals surface area contributed by atoms with Gasteiger partial charge in [0.25, 0.3) is 0 Å². The van der Waals surface area contributed by atoms with E-state index < -0.39 is 0 Å². The van der Waals surface area contributed by atoms with Gasteiger partial charge in [0.2, 0.25) is 11.8 Å². The molecule has 2 N–H and O–H groups in total. The molecule has 0 aliphatic rings. The van der Waals surface area contributed by atoms with Gasteiger partial charge in [-0.3, -0.25) is 9.59 Å². The molecule has 0 aliphatic heterocycles. The zero-order chi connectivity index (χ0) is 35.9. The zero-order valence-electron chi connectivity index (χ0n) is 32.7. The Labute approximate surface area is 304 Å². The summed E-state index contributed by atoms with van der Waals surface area (Å²) in [7, 11) is 0. The lowest BCUT2D eigenvalue weighted by molar-refractivity contribution is -0.132. The normalized spacial score (nSPS) is 11.7. The zero-order valence-corrected chi connectivity index (χ0v) is 32.7. The number of hydrogen-bond donors (Lipinski definition) is 2. The molecule has 0 heterocycles. The van der Waals surface area contributed by atoms with Crippen molar-refractivity contribution in [1.82, 2.24) is 9.80 Å². The maximum Gasteiger partial charge on any atom is 0.222 e. The van der Waals surface area contributed by atoms with Crippen molar-refractivity contribution in [2.75, 3.05) is 39.4 Å². The SMILES string of the molecule is CCCCCCCCC=CCCCCCCCC(=O)N(CCO)CCCN(CCO)C(=O)CCCCCCCC=CCCCCCCCC. The van der Waals surface area contributed by atoms with E-state index in [0.717, 1.165) is 51.4 Å². The van der Waals surface area contributed by atoms with E-state index in [0.29, 0.717) is 45.4 Å². The first-order valence-electron chi connectivity index (χ1n) is 21.2. The number of allylic oxidation sites excluding steroid dienone is 4. The Kier molecular flexibility index (Phi) is 37.8. The molecule has 0 atom stereocenters. The van der Waals surface area contributed by atoms with E-state index in [1.807, 2.05) is 0 Å². The van der Waals surface area contributed by atoms with Crippen LogP contribution in [0.5, 0.6) is 0 Å². The largest absolute Gasteiger partial charge is 0.395 e. The van der Waals surface area contributed by atoms with Gasteiger partial charge in [-0.25, -0.2) is 0 Å². The number of hydrogen-bond acceptors (Lipinski definition) is 4. The van der Waals surface area contributed by atoms with Crippen LogP contribution in [0.15, 0.2) is 24.3 Å². The fourth-order valence-corrected chi connectivity index (χ4v) is 6.43. The number of amides is 2. The third-order valence-electron chi connectivity index (χ3n) is 9.61. The Morgan fingerprint density at radius 1 is 0.388 bits per heavy atom. The number of nitrogens with zero attached hydrogens (tertiary/aromatic N) is 2. The quantitative estimate of drug-likeness (QED) is 0.0499. The van der Waals surface area contributed by atoms with E-state index in [1.165, 1.54) is 116 Å². The Hall–Kier alpha value is -1.66. The van der Waals surface area contributed by atoms with Gasteiger partial charge in [-0.15, -0.1) is 0 Å². The van der Waals surface area contributed by atoms with E-state index in [-0.39, 0.29) is 25.0 Å². The molecule has 2 amide bonds. The average Bonchev–Trinajstić information content (AvgIpc) is 3.10. The number of aliphatic hydroxyl groups excluding tert-OH is 2. The molecule has 0 spiro atoms. The van der Waals surface area contributed by atoms with Gasteiger partial charge in [-0.2, -0.15) is 0 Å². The van der Waals surface area contributed by atoms with Gasteiger partial charge in [-0.05, 0) is 70.6 Å². The highest BCUT2D eigenvalue weighted by Gasteiger charge is 2.16. The highest BCUT2D eigenvalue weighted by Crippen LogP contribution is 2.13. The summed E-state index contributed by atoms with van der Waals surface area (Å²) in [5.41, 5.74) is 0. The molecule has 0 unspecified atom stereocenters. The second kappa shape index (κ2) is 39.1. The molecule has 0 aliphatic carbocycles. The van der Waals surface area contributed by atoms with Crippen LogP contribution in [-0.4, -0.2) is 71.2 Å². The summed E-state index contributed by atoms with van der Waals surface area (Å²) in [6.07, 6.45) is 43.2. The highest BCUT2D eigenvalue weighted by molar-refractivity contribution is 5.76. The minimum absolute atomic E-state index is 0.0487. The monoisotopic (exact) mass is 691 g/mol. The summed E-state index contributed by atoms with van der Waals surface area (Å²) in [5, 5.41) is 19.1. The van der Waals surface area contributed by atoms with E-state index in [2.05, 4.69) is 38.2 Å². The maximum absolute atomic E-state index is 12.9. The Balaban J connectivity index is 3.99. The van der Waals surface area contributed by atoms with Gasteiger partial charge in [0.05, 0.1) is 13.2 Å². The van der Waals surface area contributed by atoms with Gasteiger partial charge in [0.15, 0.2) is 0 Å². The molecule has 0 bridgehead atoms. The standard InChI is InChI=1S/C43H82N2O4/c1-3-5-7-9-11-13-15-17-19-21-23-25-27-29-31-34-42(48)44(38-40-46)36-33-37-45(39-41-47)43(49)35-32-30-28-26-24-22-20-18-16-14-12-10-8-6-4-2/h17-20,46-47H,3-16,21-41H2,1-2H3. The lowest BCUT2D eigenvalue weighted by atomic mass is 10.1. The number of rotatable bonds is 38. The van der Waals surface area contributed by atoms with Gasteiger partial charge in [-0.1, -0.05) is 141 Å². The number of aliphatic hydroxyl groups is 2. The van der Waals surface area contributed by atoms with E-state index in [4.69, 9.17) is 0 Å². The molecule has 288 valence electrons. The summed E-state index contributed by atoms with van der Waals surface area (Å²) in [4.78, 5) is 29.2. The third kappa shape index (κ3) is 33.3. The van der Waals surface area contributed by atoms with E-state index in [1.54, 1.807) is 9.80 Å². The van der Waals surface area contributed by atoms with Crippen molar-refractivity contribution in [3.63, 3.8) is 0 Å². The van der Waals surface area contributed by atoms with Crippen molar-refractivity contribution in [3.05, 3.63) is 24.3 Å². The second-order valence-corrected chi connectivity index (χ2v) is 14.2. The van der Waals surface area contributed by atoms with Crippen molar-refractivity contribution in [2.45, 2.75) is 200 Å². The maximum atomic E-state index is 12.9. The smallest absolute Gasteiger partial charge is 0.222 e. The number of unbranched alkanes of at least 4 members (excludes halogenated alkanes) is 22. The third-order valence-corrected chi connectivity index (χ3v) is 9.61. The van der Waals surface area contributed by atoms with Crippen LogP contribution in [0.1, 0.15) is 200 Å². The molecule has 0 saturated carbocycles. The summed E-state index contributed by atoms with van der Waals surface area (Å²) in [6, 6.07) is 0. The van der Waals surface area contributed by atoms with Gasteiger partial charge in [0.1, 0.15) is 0 Å². The summed E-state index contributed by atoms with van der Waals surface area (Å²) in [5.74, 6) is 0.194. The van der Waals surface area contributed by atoms with Crippen molar-refractivity contribution in [1.29, 1.82) is 0 Å². The molecule has 0 saturated heterocycles. The molecule has 0 radical (unpaired) electrons. The van der Waals surface area contributed by atoms with Crippen LogP contribution in [0.3, 0.4) is 0 Å². The first-order valence-corrected chi connectivity index (χ1v) is 21.2. The Morgan fingerprint density at radius 2 is 0.673 bits per heavy atom. The van der Waals surface area contributed by atoms with Gasteiger partial charge < -0.3 is 20.0 Å². The van der Waals surface area contributed by atoms with Crippen LogP contribution in [0, 0.1) is 0 Å². The van der Waals surface area contributed by atoms with Gasteiger partial charge in [0, 0.05) is 39.0 Å². The van der Waals surface area contributed by atoms with Crippen molar-refractivity contribution in [3.8, 4) is 0 Å². The van der Waals surface area contributed by atoms with Crippen LogP contribution in [0.25, 0.3) is 0 Å². The van der Waals surface area contributed by atoms with Crippen LogP contribution in [0.2, 0.25) is 0 Å². The van der Waals surface area contributed by atoms with Crippen LogP contribution in [-0.2, 0) is 9.59 Å². The highest BCUT2D eigenvalue weighted by atomic mass is 16.3. The molecular formula is C43H82N2O4. The summed E-state index contributed by atoms with van der Waals surface area (Å²) in [6.45, 7) is 6.18. The van der Waals surface area contributed by atoms with E-state index >= 15 is 0 Å². The average molecular weight is 691 g/mol. The first-order chi connectivity index (χ1) is 24.1. The Bertz CT molecular complexity index is 707. The predicted octanol–water partition coefficient (Wildman–Crippen LogP) is 11.1. The first kappa shape index (κ1) is 47.3. The molecule has 6 heteroatoms. The van der Waals surface area contributed by atoms with Crippen LogP contribution < -0.4 is 0 Å². The van der Waals surface area contributed by atoms with Gasteiger partial charge >= 0.3 is 0 Å². The minimum Gasteiger partial charge on any atom is -0.395 e. The molecule has 0 fully saturated rings. The summed E-state index contributed by atoms with van der Waals surface area (Å²) < 4.78 is 0.